The summed E-state index contributed by atoms with van der Waals surface area (Å²) in [5, 5.41) is 0. The van der Waals surface area contributed by atoms with Crippen LogP contribution in [0.2, 0.25) is 0 Å². The molecule has 0 aliphatic rings. The number of methoxy groups -OCH3 is 1. The second-order valence-corrected chi connectivity index (χ2v) is 5.44. The van der Waals surface area contributed by atoms with Gasteiger partial charge in [0.1, 0.15) is 0 Å². The molecule has 0 fully saturated rings. The summed E-state index contributed by atoms with van der Waals surface area (Å²) in [5.41, 5.74) is 2.19. The van der Waals surface area contributed by atoms with Gasteiger partial charge in [-0.2, -0.15) is 0 Å². The van der Waals surface area contributed by atoms with Gasteiger partial charge in [-0.15, -0.1) is 0 Å². The Morgan fingerprint density at radius 3 is 2.60 bits per heavy atom. The van der Waals surface area contributed by atoms with Crippen LogP contribution < -0.4 is 4.74 Å². The highest BCUT2D eigenvalue weighted by Gasteiger charge is 2.12. The predicted octanol–water partition coefficient (Wildman–Crippen LogP) is 4.33. The molecule has 0 amide bonds. The standard InChI is InChI=1S/C16H14BrFO2/c1-10-7-12(17)4-5-13(10)15(19)9-11-3-6-16(20-2)14(18)8-11/h3-8H,9H2,1-2H3. The Kier molecular flexibility index (Phi) is 4.55. The molecule has 2 nitrogen and oxygen atoms in total. The number of benzene rings is 2. The minimum atomic E-state index is -0.453. The Hall–Kier alpha value is -1.68. The third-order valence-corrected chi connectivity index (χ3v) is 3.56. The lowest BCUT2D eigenvalue weighted by molar-refractivity contribution is 0.0992. The van der Waals surface area contributed by atoms with E-state index in [2.05, 4.69) is 15.9 Å². The zero-order valence-electron chi connectivity index (χ0n) is 11.2. The third-order valence-electron chi connectivity index (χ3n) is 3.07. The van der Waals surface area contributed by atoms with Crippen molar-refractivity contribution in [2.75, 3.05) is 7.11 Å². The molecule has 0 aliphatic heterocycles. The van der Waals surface area contributed by atoms with Crippen LogP contribution in [-0.2, 0) is 6.42 Å². The fourth-order valence-corrected chi connectivity index (χ4v) is 2.52. The lowest BCUT2D eigenvalue weighted by atomic mass is 9.99. The monoisotopic (exact) mass is 336 g/mol. The highest BCUT2D eigenvalue weighted by molar-refractivity contribution is 9.10. The van der Waals surface area contributed by atoms with Gasteiger partial charge in [0.2, 0.25) is 0 Å². The quantitative estimate of drug-likeness (QED) is 0.776. The summed E-state index contributed by atoms with van der Waals surface area (Å²) in [6.45, 7) is 1.88. The molecule has 2 rings (SSSR count). The van der Waals surface area contributed by atoms with E-state index in [0.717, 1.165) is 10.0 Å². The molecule has 20 heavy (non-hydrogen) atoms. The lowest BCUT2D eigenvalue weighted by Gasteiger charge is -2.07. The number of aryl methyl sites for hydroxylation is 1. The first-order valence-corrected chi connectivity index (χ1v) is 6.92. The summed E-state index contributed by atoms with van der Waals surface area (Å²) in [7, 11) is 1.41. The van der Waals surface area contributed by atoms with Gasteiger partial charge in [-0.05, 0) is 42.3 Å². The summed E-state index contributed by atoms with van der Waals surface area (Å²) in [6.07, 6.45) is 0.170. The molecule has 104 valence electrons. The molecule has 0 saturated carbocycles. The molecule has 0 aromatic heterocycles. The summed E-state index contributed by atoms with van der Waals surface area (Å²) in [6, 6.07) is 10.1. The number of rotatable bonds is 4. The topological polar surface area (TPSA) is 26.3 Å². The number of carbonyl (C=O) groups excluding carboxylic acids is 1. The van der Waals surface area contributed by atoms with Gasteiger partial charge in [0.25, 0.3) is 0 Å². The van der Waals surface area contributed by atoms with Crippen LogP contribution in [0.1, 0.15) is 21.5 Å². The molecule has 0 spiro atoms. The Labute approximate surface area is 125 Å². The highest BCUT2D eigenvalue weighted by Crippen LogP contribution is 2.21. The van der Waals surface area contributed by atoms with Gasteiger partial charge in [0.15, 0.2) is 17.3 Å². The molecule has 2 aromatic rings. The number of carbonyl (C=O) groups is 1. The summed E-state index contributed by atoms with van der Waals surface area (Å²) in [5.74, 6) is -0.300. The van der Waals surface area contributed by atoms with E-state index in [1.165, 1.54) is 19.2 Å². The van der Waals surface area contributed by atoms with Crippen molar-refractivity contribution < 1.29 is 13.9 Å². The molecule has 4 heteroatoms. The molecule has 0 atom stereocenters. The van der Waals surface area contributed by atoms with E-state index in [-0.39, 0.29) is 18.0 Å². The second-order valence-electron chi connectivity index (χ2n) is 4.53. The molecule has 0 unspecified atom stereocenters. The van der Waals surface area contributed by atoms with Gasteiger partial charge in [-0.25, -0.2) is 4.39 Å². The van der Waals surface area contributed by atoms with Crippen LogP contribution in [0.15, 0.2) is 40.9 Å². The van der Waals surface area contributed by atoms with Gasteiger partial charge in [-0.3, -0.25) is 4.79 Å². The first-order valence-electron chi connectivity index (χ1n) is 6.13. The Morgan fingerprint density at radius 2 is 2.00 bits per heavy atom. The molecule has 0 radical (unpaired) electrons. The second kappa shape index (κ2) is 6.18. The number of hydrogen-bond acceptors (Lipinski definition) is 2. The van der Waals surface area contributed by atoms with Crippen LogP contribution in [0.5, 0.6) is 5.75 Å². The summed E-state index contributed by atoms with van der Waals surface area (Å²) >= 11 is 3.36. The molecule has 2 aromatic carbocycles. The van der Waals surface area contributed by atoms with E-state index in [9.17, 15) is 9.18 Å². The third kappa shape index (κ3) is 3.25. The van der Waals surface area contributed by atoms with Crippen molar-refractivity contribution >= 4 is 21.7 Å². The number of Topliss-reactive ketones (excluding diaryl/α,β-unsaturated/α-hetero) is 1. The van der Waals surface area contributed by atoms with E-state index in [1.54, 1.807) is 12.1 Å². The van der Waals surface area contributed by atoms with Crippen molar-refractivity contribution in [1.82, 2.24) is 0 Å². The number of hydrogen-bond donors (Lipinski definition) is 0. The maximum Gasteiger partial charge on any atom is 0.167 e. The Balaban J connectivity index is 2.21. The van der Waals surface area contributed by atoms with Crippen molar-refractivity contribution in [2.45, 2.75) is 13.3 Å². The molecule has 0 bridgehead atoms. The molecule has 0 heterocycles. The fraction of sp³-hybridized carbons (Fsp3) is 0.188. The van der Waals surface area contributed by atoms with Crippen molar-refractivity contribution in [3.8, 4) is 5.75 Å². The van der Waals surface area contributed by atoms with Crippen LogP contribution in [0.4, 0.5) is 4.39 Å². The normalized spacial score (nSPS) is 10.4. The number of ether oxygens (including phenoxy) is 1. The van der Waals surface area contributed by atoms with Crippen LogP contribution in [0.3, 0.4) is 0 Å². The minimum Gasteiger partial charge on any atom is -0.494 e. The smallest absolute Gasteiger partial charge is 0.167 e. The van der Waals surface area contributed by atoms with Crippen molar-refractivity contribution in [1.29, 1.82) is 0 Å². The Morgan fingerprint density at radius 1 is 1.25 bits per heavy atom. The maximum atomic E-state index is 13.6. The zero-order valence-corrected chi connectivity index (χ0v) is 12.8. The lowest BCUT2D eigenvalue weighted by Crippen LogP contribution is -2.06. The van der Waals surface area contributed by atoms with Crippen molar-refractivity contribution in [3.63, 3.8) is 0 Å². The van der Waals surface area contributed by atoms with Crippen LogP contribution >= 0.6 is 15.9 Å². The fourth-order valence-electron chi connectivity index (χ4n) is 2.04. The van der Waals surface area contributed by atoms with E-state index < -0.39 is 5.82 Å². The minimum absolute atomic E-state index is 0.0282. The molecular weight excluding hydrogens is 323 g/mol. The SMILES string of the molecule is COc1ccc(CC(=O)c2ccc(Br)cc2C)cc1F. The average molecular weight is 337 g/mol. The first-order chi connectivity index (χ1) is 9.51. The van der Waals surface area contributed by atoms with Crippen molar-refractivity contribution in [2.24, 2.45) is 0 Å². The number of halogens is 2. The van der Waals surface area contributed by atoms with E-state index in [0.29, 0.717) is 11.1 Å². The van der Waals surface area contributed by atoms with Gasteiger partial charge < -0.3 is 4.74 Å². The molecular formula is C16H14BrFO2. The predicted molar refractivity (Wildman–Crippen MR) is 79.9 cm³/mol. The van der Waals surface area contributed by atoms with Crippen molar-refractivity contribution in [3.05, 3.63) is 63.4 Å². The highest BCUT2D eigenvalue weighted by atomic mass is 79.9. The average Bonchev–Trinajstić information content (AvgIpc) is 2.38. The van der Waals surface area contributed by atoms with Crippen LogP contribution in [0.25, 0.3) is 0 Å². The molecule has 0 aliphatic carbocycles. The number of ketones is 1. The summed E-state index contributed by atoms with van der Waals surface area (Å²) in [4.78, 5) is 12.2. The van der Waals surface area contributed by atoms with E-state index in [1.807, 2.05) is 19.1 Å². The maximum absolute atomic E-state index is 13.6. The summed E-state index contributed by atoms with van der Waals surface area (Å²) < 4.78 is 19.4. The molecule has 0 saturated heterocycles. The van der Waals surface area contributed by atoms with Crippen LogP contribution in [0, 0.1) is 12.7 Å². The van der Waals surface area contributed by atoms with Gasteiger partial charge in [0, 0.05) is 16.5 Å². The Bertz CT molecular complexity index is 653. The van der Waals surface area contributed by atoms with Gasteiger partial charge in [0.05, 0.1) is 7.11 Å². The zero-order chi connectivity index (χ0) is 14.7. The van der Waals surface area contributed by atoms with Crippen LogP contribution in [-0.4, -0.2) is 12.9 Å². The first kappa shape index (κ1) is 14.7. The largest absolute Gasteiger partial charge is 0.494 e. The van der Waals surface area contributed by atoms with Gasteiger partial charge >= 0.3 is 0 Å². The molecule has 0 N–H and O–H groups in total. The van der Waals surface area contributed by atoms with Gasteiger partial charge in [-0.1, -0.05) is 28.1 Å². The van der Waals surface area contributed by atoms with E-state index >= 15 is 0 Å². The van der Waals surface area contributed by atoms with E-state index in [4.69, 9.17) is 4.74 Å².